The third-order valence-electron chi connectivity index (χ3n) is 3.78. The minimum Gasteiger partial charge on any atom is -0.349 e. The Morgan fingerprint density at radius 2 is 2.08 bits per heavy atom. The number of fused-ring (bicyclic) bond motifs is 1. The number of nitrogens with zero attached hydrogens (tertiary/aromatic N) is 3. The van der Waals surface area contributed by atoms with Gasteiger partial charge in [0.1, 0.15) is 5.39 Å². The maximum Gasteiger partial charge on any atom is 0.263 e. The molecule has 0 saturated carbocycles. The van der Waals surface area contributed by atoms with Gasteiger partial charge >= 0.3 is 0 Å². The average Bonchev–Trinajstić information content (AvgIpc) is 2.91. The van der Waals surface area contributed by atoms with Gasteiger partial charge < -0.3 is 5.32 Å². The van der Waals surface area contributed by atoms with Crippen LogP contribution in [-0.2, 0) is 5.54 Å². The van der Waals surface area contributed by atoms with Gasteiger partial charge in [-0.05, 0) is 45.4 Å². The van der Waals surface area contributed by atoms with E-state index in [1.807, 2.05) is 52.0 Å². The second-order valence-electron chi connectivity index (χ2n) is 6.80. The third kappa shape index (κ3) is 3.21. The van der Waals surface area contributed by atoms with Gasteiger partial charge in [0.15, 0.2) is 5.65 Å². The highest BCUT2D eigenvalue weighted by Crippen LogP contribution is 2.22. The van der Waals surface area contributed by atoms with Gasteiger partial charge in [-0.1, -0.05) is 28.1 Å². The van der Waals surface area contributed by atoms with Gasteiger partial charge in [0.25, 0.3) is 5.56 Å². The minimum absolute atomic E-state index is 0.00546. The fraction of sp³-hybridized carbons (Fsp3) is 0.353. The number of halogens is 1. The molecule has 2 aromatic heterocycles. The van der Waals surface area contributed by atoms with Crippen molar-refractivity contribution in [3.63, 3.8) is 0 Å². The Labute approximate surface area is 148 Å². The van der Waals surface area contributed by atoms with E-state index >= 15 is 0 Å². The topological polar surface area (TPSA) is 75.6 Å². The van der Waals surface area contributed by atoms with Gasteiger partial charge in [0.05, 0.1) is 17.8 Å². The van der Waals surface area contributed by atoms with Crippen molar-refractivity contribution in [2.45, 2.75) is 39.3 Å². The summed E-state index contributed by atoms with van der Waals surface area (Å²) in [4.78, 5) is 19.7. The first-order valence-electron chi connectivity index (χ1n) is 7.76. The molecule has 0 spiro atoms. The van der Waals surface area contributed by atoms with Crippen molar-refractivity contribution in [2.24, 2.45) is 0 Å². The molecule has 0 fully saturated rings. The van der Waals surface area contributed by atoms with Crippen LogP contribution in [0.3, 0.4) is 0 Å². The van der Waals surface area contributed by atoms with Gasteiger partial charge in [0, 0.05) is 4.47 Å². The van der Waals surface area contributed by atoms with Crippen LogP contribution in [0, 0.1) is 0 Å². The van der Waals surface area contributed by atoms with E-state index in [-0.39, 0.29) is 17.1 Å². The van der Waals surface area contributed by atoms with Crippen molar-refractivity contribution in [1.29, 1.82) is 0 Å². The molecule has 1 atom stereocenters. The van der Waals surface area contributed by atoms with Crippen molar-refractivity contribution < 1.29 is 0 Å². The normalized spacial score (nSPS) is 13.2. The Balaban J connectivity index is 1.99. The van der Waals surface area contributed by atoms with Crippen LogP contribution in [-0.4, -0.2) is 19.7 Å². The lowest BCUT2D eigenvalue weighted by Crippen LogP contribution is -2.24. The number of aromatic amines is 1. The molecule has 2 heterocycles. The second-order valence-corrected chi connectivity index (χ2v) is 7.72. The van der Waals surface area contributed by atoms with Crippen LogP contribution in [0.5, 0.6) is 0 Å². The molecule has 0 aliphatic heterocycles. The monoisotopic (exact) mass is 389 g/mol. The fourth-order valence-corrected chi connectivity index (χ4v) is 2.96. The van der Waals surface area contributed by atoms with Gasteiger partial charge in [-0.3, -0.25) is 9.78 Å². The van der Waals surface area contributed by atoms with E-state index in [9.17, 15) is 4.79 Å². The van der Waals surface area contributed by atoms with Gasteiger partial charge in [-0.15, -0.1) is 0 Å². The van der Waals surface area contributed by atoms with Gasteiger partial charge in [-0.25, -0.2) is 4.68 Å². The lowest BCUT2D eigenvalue weighted by Gasteiger charge is -2.20. The van der Waals surface area contributed by atoms with Gasteiger partial charge in [-0.2, -0.15) is 10.1 Å². The van der Waals surface area contributed by atoms with Crippen molar-refractivity contribution in [2.75, 3.05) is 5.32 Å². The number of hydrogen-bond acceptors (Lipinski definition) is 4. The maximum absolute atomic E-state index is 12.3. The van der Waals surface area contributed by atoms with E-state index in [2.05, 4.69) is 36.3 Å². The van der Waals surface area contributed by atoms with Crippen molar-refractivity contribution in [3.8, 4) is 0 Å². The molecular formula is C17H20BrN5O. The van der Waals surface area contributed by atoms with Crippen LogP contribution in [0.4, 0.5) is 5.95 Å². The minimum atomic E-state index is -0.254. The number of benzene rings is 1. The number of aromatic nitrogens is 4. The first kappa shape index (κ1) is 16.7. The number of nitrogens with one attached hydrogen (secondary N) is 2. The molecule has 1 aromatic carbocycles. The first-order valence-corrected chi connectivity index (χ1v) is 8.55. The lowest BCUT2D eigenvalue weighted by atomic mass is 10.1. The molecule has 3 rings (SSSR count). The molecule has 1 unspecified atom stereocenters. The van der Waals surface area contributed by atoms with Crippen LogP contribution in [0.15, 0.2) is 39.7 Å². The van der Waals surface area contributed by atoms with Crippen molar-refractivity contribution >= 4 is 32.9 Å². The SMILES string of the molecule is CC(Nc1nc2c(cnn2C(C)(C)C)c(=O)[nH]1)c1cccc(Br)c1. The van der Waals surface area contributed by atoms with Crippen LogP contribution in [0.25, 0.3) is 11.0 Å². The largest absolute Gasteiger partial charge is 0.349 e. The number of anilines is 1. The predicted molar refractivity (Wildman–Crippen MR) is 99.3 cm³/mol. The summed E-state index contributed by atoms with van der Waals surface area (Å²) in [6, 6.07) is 8.01. The summed E-state index contributed by atoms with van der Waals surface area (Å²) in [7, 11) is 0. The van der Waals surface area contributed by atoms with Crippen LogP contribution in [0.2, 0.25) is 0 Å². The molecule has 2 N–H and O–H groups in total. The van der Waals surface area contributed by atoms with Gasteiger partial charge in [0.2, 0.25) is 5.95 Å². The third-order valence-corrected chi connectivity index (χ3v) is 4.27. The number of H-pyrrole nitrogens is 1. The zero-order valence-corrected chi connectivity index (χ0v) is 15.7. The van der Waals surface area contributed by atoms with Crippen LogP contribution < -0.4 is 10.9 Å². The molecular weight excluding hydrogens is 370 g/mol. The molecule has 0 amide bonds. The summed E-state index contributed by atoms with van der Waals surface area (Å²) < 4.78 is 2.78. The Morgan fingerprint density at radius 3 is 2.75 bits per heavy atom. The molecule has 0 aliphatic rings. The second kappa shape index (κ2) is 6.05. The Kier molecular flexibility index (Phi) is 4.21. The van der Waals surface area contributed by atoms with E-state index in [0.717, 1.165) is 10.0 Å². The Hall–Kier alpha value is -2.15. The summed E-state index contributed by atoms with van der Waals surface area (Å²) in [6.07, 6.45) is 1.56. The highest BCUT2D eigenvalue weighted by atomic mass is 79.9. The van der Waals surface area contributed by atoms with Crippen molar-refractivity contribution in [1.82, 2.24) is 19.7 Å². The molecule has 6 nitrogen and oxygen atoms in total. The standard InChI is InChI=1S/C17H20BrN5O/c1-10(11-6-5-7-12(18)8-11)20-16-21-14-13(15(24)22-16)9-19-23(14)17(2,3)4/h5-10H,1-4H3,(H2,20,21,22,24). The lowest BCUT2D eigenvalue weighted by molar-refractivity contribution is 0.366. The molecule has 24 heavy (non-hydrogen) atoms. The quantitative estimate of drug-likeness (QED) is 0.713. The van der Waals surface area contributed by atoms with E-state index in [1.165, 1.54) is 0 Å². The summed E-state index contributed by atoms with van der Waals surface area (Å²) >= 11 is 3.47. The van der Waals surface area contributed by atoms with Crippen LogP contribution in [0.1, 0.15) is 39.3 Å². The zero-order chi connectivity index (χ0) is 17.5. The van der Waals surface area contributed by atoms with E-state index < -0.39 is 0 Å². The molecule has 0 aliphatic carbocycles. The molecule has 7 heteroatoms. The summed E-state index contributed by atoms with van der Waals surface area (Å²) in [5.41, 5.74) is 1.22. The molecule has 126 valence electrons. The number of rotatable bonds is 3. The van der Waals surface area contributed by atoms with E-state index in [4.69, 9.17) is 0 Å². The fourth-order valence-electron chi connectivity index (χ4n) is 2.54. The average molecular weight is 390 g/mol. The summed E-state index contributed by atoms with van der Waals surface area (Å²) in [5.74, 6) is 0.436. The smallest absolute Gasteiger partial charge is 0.263 e. The van der Waals surface area contributed by atoms with Crippen molar-refractivity contribution in [3.05, 3.63) is 50.9 Å². The summed E-state index contributed by atoms with van der Waals surface area (Å²) in [6.45, 7) is 8.10. The predicted octanol–water partition coefficient (Wildman–Crippen LogP) is 3.81. The number of hydrogen-bond donors (Lipinski definition) is 2. The first-order chi connectivity index (χ1) is 11.3. The van der Waals surface area contributed by atoms with Crippen LogP contribution >= 0.6 is 15.9 Å². The molecule has 0 bridgehead atoms. The highest BCUT2D eigenvalue weighted by molar-refractivity contribution is 9.10. The summed E-state index contributed by atoms with van der Waals surface area (Å²) in [5, 5.41) is 8.07. The highest BCUT2D eigenvalue weighted by Gasteiger charge is 2.20. The molecule has 0 saturated heterocycles. The molecule has 3 aromatic rings. The molecule has 0 radical (unpaired) electrons. The zero-order valence-electron chi connectivity index (χ0n) is 14.1. The Morgan fingerprint density at radius 1 is 1.33 bits per heavy atom. The van der Waals surface area contributed by atoms with E-state index in [1.54, 1.807) is 10.9 Å². The van der Waals surface area contributed by atoms with E-state index in [0.29, 0.717) is 17.0 Å². The Bertz CT molecular complexity index is 938. The maximum atomic E-state index is 12.3.